The average Bonchev–Trinajstić information content (AvgIpc) is 2.90. The van der Waals surface area contributed by atoms with Crippen molar-refractivity contribution in [3.63, 3.8) is 0 Å². The van der Waals surface area contributed by atoms with Gasteiger partial charge in [-0.05, 0) is 47.4 Å². The summed E-state index contributed by atoms with van der Waals surface area (Å²) in [6, 6.07) is 12.5. The summed E-state index contributed by atoms with van der Waals surface area (Å²) in [5, 5.41) is 23.5. The van der Waals surface area contributed by atoms with Crippen LogP contribution in [0.4, 0.5) is 24.5 Å². The van der Waals surface area contributed by atoms with Crippen molar-refractivity contribution in [1.82, 2.24) is 0 Å². The number of anilines is 1. The van der Waals surface area contributed by atoms with Crippen molar-refractivity contribution in [2.75, 3.05) is 5.32 Å². The van der Waals surface area contributed by atoms with Crippen molar-refractivity contribution in [2.45, 2.75) is 26.1 Å². The number of aliphatic hydroxyl groups excluding tert-OH is 1. The van der Waals surface area contributed by atoms with Crippen molar-refractivity contribution in [2.24, 2.45) is 4.99 Å². The van der Waals surface area contributed by atoms with Gasteiger partial charge in [-0.3, -0.25) is 9.79 Å². The highest BCUT2D eigenvalue weighted by Crippen LogP contribution is 2.39. The molecule has 4 rings (SSSR count). The molecule has 2 N–H and O–H groups in total. The van der Waals surface area contributed by atoms with Crippen LogP contribution in [0.15, 0.2) is 59.7 Å². The molecule has 0 saturated heterocycles. The number of aromatic nitrogens is 1. The lowest BCUT2D eigenvalue weighted by Crippen LogP contribution is -2.31. The van der Waals surface area contributed by atoms with Gasteiger partial charge in [0.1, 0.15) is 6.61 Å². The summed E-state index contributed by atoms with van der Waals surface area (Å²) in [4.78, 5) is 16.9. The van der Waals surface area contributed by atoms with Gasteiger partial charge in [0.05, 0.1) is 29.1 Å². The largest absolute Gasteiger partial charge is 0.618 e. The summed E-state index contributed by atoms with van der Waals surface area (Å²) in [6.07, 6.45) is -3.36. The maximum absolute atomic E-state index is 13.3. The standard InChI is InChI=1S/C23H18F3N3O3/c1-13-7-20-21(10-18(13)23(24,25)26)28-22(31)11-19(27-20)16-4-2-3-14(8-16)15-5-6-29(32)17(9-15)12-30/h2-10,30H,11-12H2,1H3,(H,28,31). The van der Waals surface area contributed by atoms with Gasteiger partial charge >= 0.3 is 6.18 Å². The number of nitrogens with zero attached hydrogens (tertiary/aromatic N) is 2. The molecule has 6 nitrogen and oxygen atoms in total. The molecule has 0 radical (unpaired) electrons. The zero-order valence-electron chi connectivity index (χ0n) is 16.9. The number of hydrogen-bond acceptors (Lipinski definition) is 4. The number of aliphatic imine (C=N–C) groups is 1. The number of pyridine rings is 1. The SMILES string of the molecule is Cc1cc2c(cc1C(F)(F)F)NC(=O)CC(c1cccc(-c3cc[n+]([O-])c(CO)c3)c1)=N2. The highest BCUT2D eigenvalue weighted by Gasteiger charge is 2.34. The molecule has 1 aliphatic heterocycles. The number of fused-ring (bicyclic) bond motifs is 1. The second-order valence-electron chi connectivity index (χ2n) is 7.44. The van der Waals surface area contributed by atoms with Gasteiger partial charge in [0, 0.05) is 12.1 Å². The average molecular weight is 441 g/mol. The predicted octanol–water partition coefficient (Wildman–Crippen LogP) is 4.27. The number of aliphatic hydroxyl groups is 1. The van der Waals surface area contributed by atoms with E-state index in [0.29, 0.717) is 21.6 Å². The summed E-state index contributed by atoms with van der Waals surface area (Å²) in [7, 11) is 0. The Morgan fingerprint density at radius 2 is 1.84 bits per heavy atom. The molecule has 0 unspecified atom stereocenters. The Labute approximate surface area is 181 Å². The van der Waals surface area contributed by atoms with E-state index in [1.165, 1.54) is 19.2 Å². The lowest BCUT2D eigenvalue weighted by atomic mass is 9.99. The van der Waals surface area contributed by atoms with E-state index in [1.54, 1.807) is 36.4 Å². The number of hydrogen-bond donors (Lipinski definition) is 2. The first-order valence-electron chi connectivity index (χ1n) is 9.68. The third-order valence-electron chi connectivity index (χ3n) is 5.19. The molecule has 0 fully saturated rings. The van der Waals surface area contributed by atoms with Crippen LogP contribution < -0.4 is 10.0 Å². The molecule has 0 spiro atoms. The van der Waals surface area contributed by atoms with E-state index in [0.717, 1.165) is 11.6 Å². The van der Waals surface area contributed by atoms with Gasteiger partial charge in [-0.2, -0.15) is 17.9 Å². The van der Waals surface area contributed by atoms with Crippen LogP contribution in [0.5, 0.6) is 0 Å². The molecule has 2 aromatic carbocycles. The van der Waals surface area contributed by atoms with E-state index in [1.807, 2.05) is 0 Å². The van der Waals surface area contributed by atoms with Gasteiger partial charge in [0.2, 0.25) is 11.6 Å². The molecule has 1 aliphatic rings. The second-order valence-corrected chi connectivity index (χ2v) is 7.44. The van der Waals surface area contributed by atoms with Crippen molar-refractivity contribution in [3.05, 3.63) is 82.3 Å². The van der Waals surface area contributed by atoms with Crippen LogP contribution in [0, 0.1) is 12.1 Å². The molecule has 164 valence electrons. The fourth-order valence-electron chi connectivity index (χ4n) is 3.60. The van der Waals surface area contributed by atoms with Gasteiger partial charge in [0.25, 0.3) is 0 Å². The Kier molecular flexibility index (Phi) is 5.43. The molecule has 32 heavy (non-hydrogen) atoms. The normalized spacial score (nSPS) is 13.8. The van der Waals surface area contributed by atoms with Crippen LogP contribution in [0.1, 0.15) is 28.8 Å². The van der Waals surface area contributed by atoms with E-state index in [-0.39, 0.29) is 29.1 Å². The zero-order chi connectivity index (χ0) is 23.0. The smallest absolute Gasteiger partial charge is 0.416 e. The lowest BCUT2D eigenvalue weighted by Gasteiger charge is -2.13. The highest BCUT2D eigenvalue weighted by atomic mass is 19.4. The van der Waals surface area contributed by atoms with Crippen LogP contribution in [-0.2, 0) is 17.6 Å². The van der Waals surface area contributed by atoms with Gasteiger partial charge in [-0.15, -0.1) is 0 Å². The van der Waals surface area contributed by atoms with Gasteiger partial charge < -0.3 is 15.6 Å². The number of rotatable bonds is 3. The number of benzene rings is 2. The second kappa shape index (κ2) is 8.08. The van der Waals surface area contributed by atoms with Gasteiger partial charge in [0.15, 0.2) is 6.20 Å². The quantitative estimate of drug-likeness (QED) is 0.470. The lowest BCUT2D eigenvalue weighted by molar-refractivity contribution is -0.616. The molecule has 3 aromatic rings. The molecule has 1 amide bonds. The number of aryl methyl sites for hydroxylation is 1. The monoisotopic (exact) mass is 441 g/mol. The Bertz CT molecular complexity index is 1250. The molecule has 0 bridgehead atoms. The Morgan fingerprint density at radius 3 is 2.56 bits per heavy atom. The first-order chi connectivity index (χ1) is 15.2. The molecule has 0 aliphatic carbocycles. The van der Waals surface area contributed by atoms with E-state index in [4.69, 9.17) is 0 Å². The number of nitrogens with one attached hydrogen (secondary N) is 1. The highest BCUT2D eigenvalue weighted by molar-refractivity contribution is 6.17. The molecular weight excluding hydrogens is 423 g/mol. The fourth-order valence-corrected chi connectivity index (χ4v) is 3.60. The summed E-state index contributed by atoms with van der Waals surface area (Å²) < 4.78 is 40.3. The minimum atomic E-state index is -4.54. The topological polar surface area (TPSA) is 88.6 Å². The third kappa shape index (κ3) is 4.19. The van der Waals surface area contributed by atoms with E-state index in [2.05, 4.69) is 10.3 Å². The Balaban J connectivity index is 1.78. The van der Waals surface area contributed by atoms with Crippen LogP contribution in [0.25, 0.3) is 11.1 Å². The van der Waals surface area contributed by atoms with Crippen LogP contribution in [0.2, 0.25) is 0 Å². The van der Waals surface area contributed by atoms with Crippen molar-refractivity contribution < 1.29 is 27.8 Å². The molecule has 2 heterocycles. The summed E-state index contributed by atoms with van der Waals surface area (Å²) >= 11 is 0. The molecule has 0 atom stereocenters. The summed E-state index contributed by atoms with van der Waals surface area (Å²) in [5.41, 5.74) is 2.07. The van der Waals surface area contributed by atoms with Crippen molar-refractivity contribution >= 4 is 23.0 Å². The minimum absolute atomic E-state index is 0.00901. The Hall–Kier alpha value is -3.72. The number of alkyl halides is 3. The summed E-state index contributed by atoms with van der Waals surface area (Å²) in [5.74, 6) is -0.473. The van der Waals surface area contributed by atoms with Gasteiger partial charge in [-0.25, -0.2) is 0 Å². The predicted molar refractivity (Wildman–Crippen MR) is 112 cm³/mol. The summed E-state index contributed by atoms with van der Waals surface area (Å²) in [6.45, 7) is 0.933. The first kappa shape index (κ1) is 21.5. The third-order valence-corrected chi connectivity index (χ3v) is 5.19. The first-order valence-corrected chi connectivity index (χ1v) is 9.68. The number of carbonyl (C=O) groups excluding carboxylic acids is 1. The van der Waals surface area contributed by atoms with Crippen molar-refractivity contribution in [3.8, 4) is 11.1 Å². The van der Waals surface area contributed by atoms with E-state index < -0.39 is 24.3 Å². The molecule has 0 saturated carbocycles. The minimum Gasteiger partial charge on any atom is -0.618 e. The maximum Gasteiger partial charge on any atom is 0.416 e. The van der Waals surface area contributed by atoms with Crippen LogP contribution in [-0.4, -0.2) is 16.7 Å². The van der Waals surface area contributed by atoms with E-state index in [9.17, 15) is 28.3 Å². The maximum atomic E-state index is 13.3. The van der Waals surface area contributed by atoms with Crippen LogP contribution >= 0.6 is 0 Å². The van der Waals surface area contributed by atoms with Crippen LogP contribution in [0.3, 0.4) is 0 Å². The fraction of sp³-hybridized carbons (Fsp3) is 0.174. The molecule has 1 aromatic heterocycles. The van der Waals surface area contributed by atoms with E-state index >= 15 is 0 Å². The zero-order valence-corrected chi connectivity index (χ0v) is 16.9. The number of halogens is 3. The molecule has 9 heteroatoms. The number of amides is 1. The Morgan fingerprint density at radius 1 is 1.12 bits per heavy atom. The van der Waals surface area contributed by atoms with Crippen molar-refractivity contribution in [1.29, 1.82) is 0 Å². The molecular formula is C23H18F3N3O3. The number of carbonyl (C=O) groups is 1. The van der Waals surface area contributed by atoms with Gasteiger partial charge in [-0.1, -0.05) is 18.2 Å².